The topological polar surface area (TPSA) is 38.0 Å². The first-order valence-corrected chi connectivity index (χ1v) is 6.61. The zero-order valence-corrected chi connectivity index (χ0v) is 11.8. The number of rotatable bonds is 3. The van der Waals surface area contributed by atoms with E-state index in [2.05, 4.69) is 53.0 Å². The molecule has 0 fully saturated rings. The second-order valence-electron chi connectivity index (χ2n) is 4.01. The molecule has 0 heterocycles. The van der Waals surface area contributed by atoms with Crippen molar-refractivity contribution in [2.75, 3.05) is 11.1 Å². The first kappa shape index (κ1) is 12.2. The van der Waals surface area contributed by atoms with Crippen LogP contribution in [0.1, 0.15) is 18.5 Å². The van der Waals surface area contributed by atoms with Gasteiger partial charge in [0, 0.05) is 9.61 Å². The van der Waals surface area contributed by atoms with Crippen molar-refractivity contribution in [1.29, 1.82) is 0 Å². The van der Waals surface area contributed by atoms with Crippen molar-refractivity contribution in [3.05, 3.63) is 57.7 Å². The molecule has 3 N–H and O–H groups in total. The van der Waals surface area contributed by atoms with E-state index in [0.29, 0.717) is 0 Å². The molecule has 17 heavy (non-hydrogen) atoms. The van der Waals surface area contributed by atoms with Crippen LogP contribution in [-0.2, 0) is 0 Å². The fourth-order valence-corrected chi connectivity index (χ4v) is 2.24. The third-order valence-corrected chi connectivity index (χ3v) is 3.36. The van der Waals surface area contributed by atoms with Crippen molar-refractivity contribution in [2.24, 2.45) is 0 Å². The summed E-state index contributed by atoms with van der Waals surface area (Å²) in [5.74, 6) is 0. The summed E-state index contributed by atoms with van der Waals surface area (Å²) in [6.45, 7) is 2.13. The first-order valence-electron chi connectivity index (χ1n) is 5.53. The van der Waals surface area contributed by atoms with Gasteiger partial charge in [-0.05, 0) is 53.3 Å². The summed E-state index contributed by atoms with van der Waals surface area (Å²) >= 11 is 2.26. The van der Waals surface area contributed by atoms with Gasteiger partial charge in [0.15, 0.2) is 0 Å². The van der Waals surface area contributed by atoms with Crippen molar-refractivity contribution in [2.45, 2.75) is 13.0 Å². The Hall–Kier alpha value is -1.23. The molecule has 0 saturated heterocycles. The summed E-state index contributed by atoms with van der Waals surface area (Å²) in [5, 5.41) is 3.43. The highest BCUT2D eigenvalue weighted by molar-refractivity contribution is 14.1. The Morgan fingerprint density at radius 1 is 1.12 bits per heavy atom. The maximum atomic E-state index is 5.98. The number of hydrogen-bond acceptors (Lipinski definition) is 2. The minimum atomic E-state index is 0.249. The van der Waals surface area contributed by atoms with Gasteiger partial charge in [-0.1, -0.05) is 30.3 Å². The zero-order valence-electron chi connectivity index (χ0n) is 9.65. The van der Waals surface area contributed by atoms with E-state index in [-0.39, 0.29) is 6.04 Å². The third-order valence-electron chi connectivity index (χ3n) is 2.69. The Morgan fingerprint density at radius 2 is 1.82 bits per heavy atom. The molecule has 1 unspecified atom stereocenters. The van der Waals surface area contributed by atoms with Crippen LogP contribution in [0.15, 0.2) is 48.5 Å². The second-order valence-corrected chi connectivity index (χ2v) is 5.25. The Labute approximate surface area is 115 Å². The van der Waals surface area contributed by atoms with Crippen LogP contribution in [-0.4, -0.2) is 0 Å². The molecule has 2 aromatic carbocycles. The molecule has 2 aromatic rings. The van der Waals surface area contributed by atoms with E-state index in [4.69, 9.17) is 5.73 Å². The normalized spacial score (nSPS) is 12.1. The average Bonchev–Trinajstić information content (AvgIpc) is 2.34. The van der Waals surface area contributed by atoms with Gasteiger partial charge in [-0.3, -0.25) is 0 Å². The van der Waals surface area contributed by atoms with Gasteiger partial charge in [0.05, 0.1) is 11.4 Å². The molecule has 2 nitrogen and oxygen atoms in total. The van der Waals surface area contributed by atoms with Crippen molar-refractivity contribution in [3.8, 4) is 0 Å². The summed E-state index contributed by atoms with van der Waals surface area (Å²) in [5.41, 5.74) is 9.01. The standard InChI is InChI=1S/C14H15IN2/c1-10(11-5-3-2-4-6-11)17-14-8-7-12(15)9-13(14)16/h2-10,17H,16H2,1H3. The van der Waals surface area contributed by atoms with E-state index in [1.807, 2.05) is 30.3 Å². The fraction of sp³-hybridized carbons (Fsp3) is 0.143. The highest BCUT2D eigenvalue weighted by Gasteiger charge is 2.06. The lowest BCUT2D eigenvalue weighted by atomic mass is 10.1. The largest absolute Gasteiger partial charge is 0.397 e. The maximum absolute atomic E-state index is 5.98. The molecule has 0 bridgehead atoms. The predicted octanol–water partition coefficient (Wildman–Crippen LogP) is 4.05. The summed E-state index contributed by atoms with van der Waals surface area (Å²) in [6, 6.07) is 16.6. The lowest BCUT2D eigenvalue weighted by molar-refractivity contribution is 0.885. The van der Waals surface area contributed by atoms with E-state index in [0.717, 1.165) is 14.9 Å². The summed E-state index contributed by atoms with van der Waals surface area (Å²) in [7, 11) is 0. The van der Waals surface area contributed by atoms with Crippen LogP contribution in [0.4, 0.5) is 11.4 Å². The van der Waals surface area contributed by atoms with E-state index in [1.54, 1.807) is 0 Å². The minimum Gasteiger partial charge on any atom is -0.397 e. The van der Waals surface area contributed by atoms with Crippen LogP contribution in [0.2, 0.25) is 0 Å². The number of nitrogens with one attached hydrogen (secondary N) is 1. The van der Waals surface area contributed by atoms with Gasteiger partial charge >= 0.3 is 0 Å². The molecule has 3 heteroatoms. The van der Waals surface area contributed by atoms with Crippen LogP contribution in [0, 0.1) is 3.57 Å². The Bertz CT molecular complexity index is 497. The molecular weight excluding hydrogens is 323 g/mol. The van der Waals surface area contributed by atoms with Crippen LogP contribution in [0.3, 0.4) is 0 Å². The molecule has 0 radical (unpaired) electrons. The van der Waals surface area contributed by atoms with Crippen LogP contribution >= 0.6 is 22.6 Å². The monoisotopic (exact) mass is 338 g/mol. The highest BCUT2D eigenvalue weighted by Crippen LogP contribution is 2.25. The molecule has 0 aliphatic rings. The van der Waals surface area contributed by atoms with E-state index < -0.39 is 0 Å². The van der Waals surface area contributed by atoms with Gasteiger partial charge in [0.25, 0.3) is 0 Å². The summed E-state index contributed by atoms with van der Waals surface area (Å²) in [4.78, 5) is 0. The van der Waals surface area contributed by atoms with Gasteiger partial charge in [0.2, 0.25) is 0 Å². The highest BCUT2D eigenvalue weighted by atomic mass is 127. The summed E-state index contributed by atoms with van der Waals surface area (Å²) in [6.07, 6.45) is 0. The van der Waals surface area contributed by atoms with Gasteiger partial charge in [-0.2, -0.15) is 0 Å². The number of hydrogen-bond donors (Lipinski definition) is 2. The molecule has 2 rings (SSSR count). The third kappa shape index (κ3) is 3.12. The quantitative estimate of drug-likeness (QED) is 0.655. The Balaban J connectivity index is 2.16. The van der Waals surface area contributed by atoms with Crippen LogP contribution in [0.25, 0.3) is 0 Å². The SMILES string of the molecule is CC(Nc1ccc(I)cc1N)c1ccccc1. The smallest absolute Gasteiger partial charge is 0.0579 e. The van der Waals surface area contributed by atoms with Gasteiger partial charge < -0.3 is 11.1 Å². The van der Waals surface area contributed by atoms with Gasteiger partial charge in [-0.25, -0.2) is 0 Å². The molecule has 0 aliphatic carbocycles. The van der Waals surface area contributed by atoms with Crippen LogP contribution < -0.4 is 11.1 Å². The second kappa shape index (κ2) is 5.40. The lowest BCUT2D eigenvalue weighted by Crippen LogP contribution is -2.08. The van der Waals surface area contributed by atoms with Crippen molar-refractivity contribution in [1.82, 2.24) is 0 Å². The Morgan fingerprint density at radius 3 is 2.47 bits per heavy atom. The van der Waals surface area contributed by atoms with Crippen molar-refractivity contribution >= 4 is 34.0 Å². The molecule has 0 saturated carbocycles. The molecule has 0 amide bonds. The molecular formula is C14H15IN2. The molecule has 1 atom stereocenters. The summed E-state index contributed by atoms with van der Waals surface area (Å²) < 4.78 is 1.15. The van der Waals surface area contributed by atoms with E-state index in [1.165, 1.54) is 5.56 Å². The first-order chi connectivity index (χ1) is 8.16. The lowest BCUT2D eigenvalue weighted by Gasteiger charge is -2.17. The van der Waals surface area contributed by atoms with Crippen LogP contribution in [0.5, 0.6) is 0 Å². The van der Waals surface area contributed by atoms with E-state index in [9.17, 15) is 0 Å². The Kier molecular flexibility index (Phi) is 3.89. The minimum absolute atomic E-state index is 0.249. The average molecular weight is 338 g/mol. The fourth-order valence-electron chi connectivity index (χ4n) is 1.72. The van der Waals surface area contributed by atoms with Crippen molar-refractivity contribution < 1.29 is 0 Å². The predicted molar refractivity (Wildman–Crippen MR) is 82.1 cm³/mol. The number of anilines is 2. The van der Waals surface area contributed by atoms with Gasteiger partial charge in [0.1, 0.15) is 0 Å². The number of halogens is 1. The molecule has 0 spiro atoms. The number of nitrogen functional groups attached to an aromatic ring is 1. The molecule has 88 valence electrons. The zero-order chi connectivity index (χ0) is 12.3. The maximum Gasteiger partial charge on any atom is 0.0579 e. The number of benzene rings is 2. The number of nitrogens with two attached hydrogens (primary N) is 1. The molecule has 0 aromatic heterocycles. The van der Waals surface area contributed by atoms with E-state index >= 15 is 0 Å². The molecule has 0 aliphatic heterocycles. The van der Waals surface area contributed by atoms with Gasteiger partial charge in [-0.15, -0.1) is 0 Å². The van der Waals surface area contributed by atoms with Crippen molar-refractivity contribution in [3.63, 3.8) is 0 Å².